The van der Waals surface area contributed by atoms with Crippen molar-refractivity contribution in [1.29, 1.82) is 0 Å². The maximum Gasteiger partial charge on any atom is 0.380 e. The van der Waals surface area contributed by atoms with Crippen LogP contribution in [-0.2, 0) is 26.3 Å². The summed E-state index contributed by atoms with van der Waals surface area (Å²) >= 11 is 0. The Morgan fingerprint density at radius 2 is 2.07 bits per heavy atom. The monoisotopic (exact) mass is 391 g/mol. The number of nitrogens with two attached hydrogens (primary N) is 1. The highest BCUT2D eigenvalue weighted by atomic mass is 32.2. The van der Waals surface area contributed by atoms with Crippen LogP contribution in [0.3, 0.4) is 0 Å². The van der Waals surface area contributed by atoms with E-state index in [1.807, 2.05) is 6.07 Å². The van der Waals surface area contributed by atoms with Crippen LogP contribution in [0.5, 0.6) is 5.75 Å². The van der Waals surface area contributed by atoms with E-state index in [4.69, 9.17) is 14.1 Å². The van der Waals surface area contributed by atoms with Crippen LogP contribution in [0.15, 0.2) is 29.8 Å². The predicted octanol–water partition coefficient (Wildman–Crippen LogP) is 2.83. The first-order chi connectivity index (χ1) is 12.7. The molecule has 0 spiro atoms. The van der Waals surface area contributed by atoms with Crippen molar-refractivity contribution in [2.75, 3.05) is 7.11 Å². The maximum absolute atomic E-state index is 12.2. The largest absolute Gasteiger partial charge is 0.466 e. The number of esters is 1. The number of carbonyl (C=O) groups is 1. The van der Waals surface area contributed by atoms with Crippen LogP contribution in [0.25, 0.3) is 0 Å². The molecular formula is C20H25NO5S. The second-order valence-electron chi connectivity index (χ2n) is 8.15. The summed E-state index contributed by atoms with van der Waals surface area (Å²) in [7, 11) is -2.57. The fourth-order valence-corrected chi connectivity index (χ4v) is 6.11. The van der Waals surface area contributed by atoms with Gasteiger partial charge in [-0.25, -0.2) is 4.79 Å². The second-order valence-corrected chi connectivity index (χ2v) is 9.31. The molecule has 0 aromatic heterocycles. The minimum absolute atomic E-state index is 0.109. The molecule has 4 rings (SSSR count). The molecule has 1 fully saturated rings. The lowest BCUT2D eigenvalue weighted by atomic mass is 9.54. The Bertz CT molecular complexity index is 922. The zero-order chi connectivity index (χ0) is 19.4. The van der Waals surface area contributed by atoms with Gasteiger partial charge in [-0.05, 0) is 73.1 Å². The third-order valence-corrected chi connectivity index (χ3v) is 7.32. The van der Waals surface area contributed by atoms with Crippen LogP contribution in [0.1, 0.15) is 49.7 Å². The lowest BCUT2D eigenvalue weighted by molar-refractivity contribution is -0.138. The van der Waals surface area contributed by atoms with Crippen molar-refractivity contribution < 1.29 is 22.1 Å². The number of ether oxygens (including phenoxy) is 1. The molecule has 3 aliphatic rings. The van der Waals surface area contributed by atoms with Gasteiger partial charge >= 0.3 is 16.3 Å². The Morgan fingerprint density at radius 1 is 1.30 bits per heavy atom. The normalized spacial score (nSPS) is 32.0. The summed E-state index contributed by atoms with van der Waals surface area (Å²) in [6.45, 7) is 2.21. The molecule has 0 radical (unpaired) electrons. The van der Waals surface area contributed by atoms with Gasteiger partial charge in [0.05, 0.1) is 7.11 Å². The Labute approximate surface area is 160 Å². The standard InChI is InChI=1S/C20H25NO5S/c1-20-10-9-15-14-6-4-13(26-27(21,23)24)11-12(14)3-5-16(15)17(20)7-8-18(20)19(22)25-2/h4,6,8,11,15-17H,3,5,7,9-10H2,1-2H3,(H2,21,23,24). The van der Waals surface area contributed by atoms with Gasteiger partial charge in [0.2, 0.25) is 0 Å². The summed E-state index contributed by atoms with van der Waals surface area (Å²) in [5.74, 6) is 1.46. The minimum atomic E-state index is -4.01. The van der Waals surface area contributed by atoms with E-state index < -0.39 is 10.3 Å². The van der Waals surface area contributed by atoms with Gasteiger partial charge in [0.25, 0.3) is 0 Å². The molecule has 1 aromatic carbocycles. The van der Waals surface area contributed by atoms with Crippen molar-refractivity contribution in [3.05, 3.63) is 41.0 Å². The predicted molar refractivity (Wildman–Crippen MR) is 100 cm³/mol. The smallest absolute Gasteiger partial charge is 0.380 e. The lowest BCUT2D eigenvalue weighted by Crippen LogP contribution is -2.42. The van der Waals surface area contributed by atoms with Gasteiger partial charge in [0, 0.05) is 11.0 Å². The SMILES string of the molecule is COC(=O)C1=CCC2C3CCc4cc(OS(N)(=O)=O)ccc4C3CCC12C. The number of benzene rings is 1. The lowest BCUT2D eigenvalue weighted by Gasteiger charge is -2.50. The molecule has 1 saturated carbocycles. The van der Waals surface area contributed by atoms with Crippen LogP contribution in [0.4, 0.5) is 0 Å². The molecule has 0 amide bonds. The summed E-state index contributed by atoms with van der Waals surface area (Å²) in [5, 5.41) is 4.98. The third kappa shape index (κ3) is 3.06. The van der Waals surface area contributed by atoms with E-state index in [1.54, 1.807) is 12.1 Å². The topological polar surface area (TPSA) is 95.7 Å². The average Bonchev–Trinajstić information content (AvgIpc) is 2.96. The number of allylic oxidation sites excluding steroid dienone is 1. The van der Waals surface area contributed by atoms with Gasteiger partial charge in [-0.15, -0.1) is 0 Å². The van der Waals surface area contributed by atoms with E-state index in [-0.39, 0.29) is 17.1 Å². The molecule has 0 aliphatic heterocycles. The van der Waals surface area contributed by atoms with E-state index in [2.05, 4.69) is 13.0 Å². The van der Waals surface area contributed by atoms with Crippen molar-refractivity contribution in [2.45, 2.75) is 44.9 Å². The molecule has 7 heteroatoms. The zero-order valence-electron chi connectivity index (χ0n) is 15.6. The molecule has 146 valence electrons. The van der Waals surface area contributed by atoms with E-state index in [9.17, 15) is 13.2 Å². The number of rotatable bonds is 3. The Kier molecular flexibility index (Phi) is 4.35. The Hall–Kier alpha value is -1.86. The summed E-state index contributed by atoms with van der Waals surface area (Å²) in [5.41, 5.74) is 3.15. The van der Waals surface area contributed by atoms with Crippen molar-refractivity contribution in [2.24, 2.45) is 22.4 Å². The van der Waals surface area contributed by atoms with E-state index in [0.717, 1.165) is 43.2 Å². The highest BCUT2D eigenvalue weighted by Crippen LogP contribution is 2.61. The van der Waals surface area contributed by atoms with Crippen LogP contribution >= 0.6 is 0 Å². The molecule has 4 atom stereocenters. The molecule has 0 heterocycles. The Balaban J connectivity index is 1.61. The van der Waals surface area contributed by atoms with Crippen LogP contribution < -0.4 is 9.32 Å². The number of carbonyl (C=O) groups excluding carboxylic acids is 1. The number of methoxy groups -OCH3 is 1. The van der Waals surface area contributed by atoms with Gasteiger partial charge in [0.15, 0.2) is 0 Å². The van der Waals surface area contributed by atoms with Crippen molar-refractivity contribution in [3.8, 4) is 5.75 Å². The van der Waals surface area contributed by atoms with E-state index >= 15 is 0 Å². The fourth-order valence-electron chi connectivity index (χ4n) is 5.74. The summed E-state index contributed by atoms with van der Waals surface area (Å²) in [6, 6.07) is 5.47. The molecular weight excluding hydrogens is 366 g/mol. The third-order valence-electron chi connectivity index (χ3n) is 6.90. The summed E-state index contributed by atoms with van der Waals surface area (Å²) < 4.78 is 32.2. The highest BCUT2D eigenvalue weighted by Gasteiger charge is 2.53. The number of aryl methyl sites for hydroxylation is 1. The highest BCUT2D eigenvalue weighted by molar-refractivity contribution is 7.84. The fraction of sp³-hybridized carbons (Fsp3) is 0.550. The number of hydrogen-bond acceptors (Lipinski definition) is 5. The molecule has 3 aliphatic carbocycles. The first kappa shape index (κ1) is 18.5. The van der Waals surface area contributed by atoms with Crippen LogP contribution in [0, 0.1) is 17.3 Å². The maximum atomic E-state index is 12.2. The van der Waals surface area contributed by atoms with Crippen LogP contribution in [0.2, 0.25) is 0 Å². The molecule has 2 N–H and O–H groups in total. The van der Waals surface area contributed by atoms with Crippen molar-refractivity contribution >= 4 is 16.3 Å². The molecule has 6 nitrogen and oxygen atoms in total. The Morgan fingerprint density at radius 3 is 2.78 bits per heavy atom. The summed E-state index contributed by atoms with van der Waals surface area (Å²) in [4.78, 5) is 12.2. The van der Waals surface area contributed by atoms with Gasteiger partial charge in [0.1, 0.15) is 5.75 Å². The van der Waals surface area contributed by atoms with E-state index in [0.29, 0.717) is 17.8 Å². The van der Waals surface area contributed by atoms with Crippen LogP contribution in [-0.4, -0.2) is 21.5 Å². The molecule has 1 aromatic rings. The van der Waals surface area contributed by atoms with Gasteiger partial charge in [-0.3, -0.25) is 0 Å². The number of hydrogen-bond donors (Lipinski definition) is 1. The van der Waals surface area contributed by atoms with E-state index in [1.165, 1.54) is 12.7 Å². The average molecular weight is 391 g/mol. The van der Waals surface area contributed by atoms with Gasteiger partial charge in [-0.1, -0.05) is 19.1 Å². The quantitative estimate of drug-likeness (QED) is 0.800. The molecule has 0 bridgehead atoms. The summed E-state index contributed by atoms with van der Waals surface area (Å²) in [6.07, 6.45) is 6.86. The molecule has 0 saturated heterocycles. The second kappa shape index (κ2) is 6.34. The molecule has 27 heavy (non-hydrogen) atoms. The van der Waals surface area contributed by atoms with Gasteiger partial charge in [-0.2, -0.15) is 13.6 Å². The first-order valence-corrected chi connectivity index (χ1v) is 10.8. The van der Waals surface area contributed by atoms with Crippen molar-refractivity contribution in [3.63, 3.8) is 0 Å². The number of fused-ring (bicyclic) bond motifs is 5. The minimum Gasteiger partial charge on any atom is -0.466 e. The first-order valence-electron chi connectivity index (χ1n) is 9.37. The zero-order valence-corrected chi connectivity index (χ0v) is 16.4. The molecule has 4 unspecified atom stereocenters. The van der Waals surface area contributed by atoms with Crippen molar-refractivity contribution in [1.82, 2.24) is 0 Å². The van der Waals surface area contributed by atoms with Gasteiger partial charge < -0.3 is 8.92 Å².